The van der Waals surface area contributed by atoms with Crippen molar-refractivity contribution < 1.29 is 0 Å². The van der Waals surface area contributed by atoms with Gasteiger partial charge in [-0.15, -0.1) is 0 Å². The van der Waals surface area contributed by atoms with E-state index in [0.717, 1.165) is 13.0 Å². The molecule has 1 atom stereocenters. The zero-order chi connectivity index (χ0) is 6.81. The monoisotopic (exact) mass is 137 g/mol. The summed E-state index contributed by atoms with van der Waals surface area (Å²) in [5.41, 5.74) is 7.43. The highest BCUT2D eigenvalue weighted by atomic mass is 15.4. The Labute approximate surface area is 59.8 Å². The molecule has 1 fully saturated rings. The van der Waals surface area contributed by atoms with Gasteiger partial charge in [-0.2, -0.15) is 0 Å². The molecule has 1 aliphatic rings. The van der Waals surface area contributed by atoms with Gasteiger partial charge in [0.05, 0.1) is 0 Å². The number of hydrogen-bond donors (Lipinski definition) is 3. The van der Waals surface area contributed by atoms with E-state index in [4.69, 9.17) is 0 Å². The Hall–Kier alpha value is -0.800. The Kier molecular flexibility index (Phi) is 1.45. The van der Waals surface area contributed by atoms with Crippen LogP contribution < -0.4 is 10.9 Å². The molecule has 1 unspecified atom stereocenters. The molecule has 1 aromatic rings. The summed E-state index contributed by atoms with van der Waals surface area (Å²) in [5, 5.41) is 0. The van der Waals surface area contributed by atoms with Crippen molar-refractivity contribution in [3.8, 4) is 0 Å². The van der Waals surface area contributed by atoms with E-state index in [9.17, 15) is 0 Å². The lowest BCUT2D eigenvalue weighted by atomic mass is 10.1. The Balaban J connectivity index is 1.90. The predicted octanol–water partition coefficient (Wildman–Crippen LogP) is 0.0336. The fourth-order valence-corrected chi connectivity index (χ4v) is 1.13. The Bertz CT molecular complexity index is 189. The molecule has 0 saturated carbocycles. The normalized spacial score (nSPS) is 24.2. The first kappa shape index (κ1) is 5.95. The first-order valence-electron chi connectivity index (χ1n) is 3.56. The summed E-state index contributed by atoms with van der Waals surface area (Å²) in [6, 6.07) is 4.76. The lowest BCUT2D eigenvalue weighted by Crippen LogP contribution is -2.59. The molecule has 0 radical (unpaired) electrons. The van der Waals surface area contributed by atoms with E-state index in [0.29, 0.717) is 6.04 Å². The van der Waals surface area contributed by atoms with Crippen LogP contribution in [0.3, 0.4) is 0 Å². The number of nitrogens with one attached hydrogen (secondary N) is 3. The van der Waals surface area contributed by atoms with Crippen molar-refractivity contribution in [2.75, 3.05) is 6.54 Å². The van der Waals surface area contributed by atoms with Crippen LogP contribution in [-0.4, -0.2) is 17.6 Å². The minimum Gasteiger partial charge on any atom is -0.365 e. The molecule has 3 heteroatoms. The smallest absolute Gasteiger partial charge is 0.0406 e. The fraction of sp³-hybridized carbons (Fsp3) is 0.429. The van der Waals surface area contributed by atoms with E-state index in [-0.39, 0.29) is 0 Å². The maximum absolute atomic E-state index is 3.17. The number of hydrogen-bond acceptors (Lipinski definition) is 2. The molecule has 54 valence electrons. The molecular weight excluding hydrogens is 126 g/mol. The van der Waals surface area contributed by atoms with E-state index in [1.807, 2.05) is 12.3 Å². The molecule has 0 bridgehead atoms. The van der Waals surface area contributed by atoms with Crippen molar-refractivity contribution in [3.63, 3.8) is 0 Å². The largest absolute Gasteiger partial charge is 0.365 e. The summed E-state index contributed by atoms with van der Waals surface area (Å²) >= 11 is 0. The molecule has 3 N–H and O–H groups in total. The molecule has 0 amide bonds. The third-order valence-corrected chi connectivity index (χ3v) is 1.78. The van der Waals surface area contributed by atoms with Crippen LogP contribution in [0.1, 0.15) is 5.69 Å². The van der Waals surface area contributed by atoms with E-state index in [1.54, 1.807) is 0 Å². The average molecular weight is 137 g/mol. The van der Waals surface area contributed by atoms with Crippen LogP contribution in [0.25, 0.3) is 0 Å². The van der Waals surface area contributed by atoms with Crippen LogP contribution in [0.4, 0.5) is 0 Å². The lowest BCUT2D eigenvalue weighted by molar-refractivity contribution is 0.297. The lowest BCUT2D eigenvalue weighted by Gasteiger charge is -2.28. The molecule has 1 saturated heterocycles. The van der Waals surface area contributed by atoms with Gasteiger partial charge in [-0.05, 0) is 12.1 Å². The van der Waals surface area contributed by atoms with Gasteiger partial charge >= 0.3 is 0 Å². The number of hydrazine groups is 1. The first-order valence-corrected chi connectivity index (χ1v) is 3.56. The molecule has 10 heavy (non-hydrogen) atoms. The van der Waals surface area contributed by atoms with Crippen molar-refractivity contribution >= 4 is 0 Å². The van der Waals surface area contributed by atoms with Crippen LogP contribution in [0.5, 0.6) is 0 Å². The summed E-state index contributed by atoms with van der Waals surface area (Å²) in [6.45, 7) is 1.08. The second-order valence-electron chi connectivity index (χ2n) is 2.62. The Morgan fingerprint density at radius 2 is 2.50 bits per heavy atom. The van der Waals surface area contributed by atoms with E-state index in [1.165, 1.54) is 5.69 Å². The number of rotatable bonds is 2. The van der Waals surface area contributed by atoms with Crippen molar-refractivity contribution in [2.24, 2.45) is 0 Å². The average Bonchev–Trinajstić information content (AvgIpc) is 2.29. The standard InChI is InChI=1S/C7H11N3/c1-2-6(8-3-1)4-7-5-9-10-7/h1-3,7-10H,4-5H2. The molecule has 1 aromatic heterocycles. The SMILES string of the molecule is c1c[nH]c(CC2CNN2)c1. The molecule has 0 aromatic carbocycles. The number of H-pyrrole nitrogens is 1. The van der Waals surface area contributed by atoms with Gasteiger partial charge in [0.25, 0.3) is 0 Å². The highest BCUT2D eigenvalue weighted by Crippen LogP contribution is 2.01. The van der Waals surface area contributed by atoms with Crippen molar-refractivity contribution in [3.05, 3.63) is 24.0 Å². The number of aromatic amines is 1. The molecule has 0 aliphatic carbocycles. The third kappa shape index (κ3) is 1.05. The van der Waals surface area contributed by atoms with Crippen molar-refractivity contribution in [1.29, 1.82) is 0 Å². The van der Waals surface area contributed by atoms with Gasteiger partial charge in [0.2, 0.25) is 0 Å². The van der Waals surface area contributed by atoms with Crippen LogP contribution in [0.2, 0.25) is 0 Å². The van der Waals surface area contributed by atoms with Crippen LogP contribution >= 0.6 is 0 Å². The predicted molar refractivity (Wildman–Crippen MR) is 39.4 cm³/mol. The zero-order valence-electron chi connectivity index (χ0n) is 5.72. The fourth-order valence-electron chi connectivity index (χ4n) is 1.13. The highest BCUT2D eigenvalue weighted by Gasteiger charge is 2.15. The van der Waals surface area contributed by atoms with Gasteiger partial charge in [0, 0.05) is 30.9 Å². The van der Waals surface area contributed by atoms with Crippen molar-refractivity contribution in [2.45, 2.75) is 12.5 Å². The summed E-state index contributed by atoms with van der Waals surface area (Å²) < 4.78 is 0. The molecular formula is C7H11N3. The number of aromatic nitrogens is 1. The van der Waals surface area contributed by atoms with E-state index in [2.05, 4.69) is 21.9 Å². The first-order chi connectivity index (χ1) is 4.95. The van der Waals surface area contributed by atoms with Gasteiger partial charge in [-0.25, -0.2) is 0 Å². The Morgan fingerprint density at radius 1 is 1.60 bits per heavy atom. The maximum Gasteiger partial charge on any atom is 0.0406 e. The van der Waals surface area contributed by atoms with Gasteiger partial charge in [0.15, 0.2) is 0 Å². The molecule has 0 spiro atoms. The zero-order valence-corrected chi connectivity index (χ0v) is 5.72. The van der Waals surface area contributed by atoms with E-state index >= 15 is 0 Å². The van der Waals surface area contributed by atoms with Gasteiger partial charge in [0.1, 0.15) is 0 Å². The Morgan fingerprint density at radius 3 is 3.00 bits per heavy atom. The summed E-state index contributed by atoms with van der Waals surface area (Å²) in [7, 11) is 0. The van der Waals surface area contributed by atoms with Gasteiger partial charge in [-0.3, -0.25) is 10.9 Å². The highest BCUT2D eigenvalue weighted by molar-refractivity contribution is 5.06. The van der Waals surface area contributed by atoms with Gasteiger partial charge < -0.3 is 4.98 Å². The van der Waals surface area contributed by atoms with Gasteiger partial charge in [-0.1, -0.05) is 0 Å². The van der Waals surface area contributed by atoms with Crippen LogP contribution in [-0.2, 0) is 6.42 Å². The minimum absolute atomic E-state index is 0.624. The van der Waals surface area contributed by atoms with Crippen LogP contribution in [0.15, 0.2) is 18.3 Å². The second-order valence-corrected chi connectivity index (χ2v) is 2.62. The minimum atomic E-state index is 0.624. The van der Waals surface area contributed by atoms with E-state index < -0.39 is 0 Å². The molecule has 2 rings (SSSR count). The second kappa shape index (κ2) is 2.44. The molecule has 1 aliphatic heterocycles. The quantitative estimate of drug-likeness (QED) is 0.538. The summed E-state index contributed by atoms with van der Waals surface area (Å²) in [5.74, 6) is 0. The maximum atomic E-state index is 3.17. The summed E-state index contributed by atoms with van der Waals surface area (Å²) in [6.07, 6.45) is 3.06. The molecule has 2 heterocycles. The third-order valence-electron chi connectivity index (χ3n) is 1.78. The van der Waals surface area contributed by atoms with Crippen molar-refractivity contribution in [1.82, 2.24) is 15.8 Å². The topological polar surface area (TPSA) is 39.9 Å². The van der Waals surface area contributed by atoms with Crippen LogP contribution in [0, 0.1) is 0 Å². The summed E-state index contributed by atoms with van der Waals surface area (Å²) in [4.78, 5) is 3.17. The molecule has 3 nitrogen and oxygen atoms in total.